The van der Waals surface area contributed by atoms with Gasteiger partial charge >= 0.3 is 0 Å². The minimum absolute atomic E-state index is 0.376. The van der Waals surface area contributed by atoms with Gasteiger partial charge in [-0.05, 0) is 0 Å². The molecule has 1 aliphatic heterocycles. The van der Waals surface area contributed by atoms with Crippen LogP contribution in [0, 0.1) is 0 Å². The van der Waals surface area contributed by atoms with Crippen molar-refractivity contribution in [3.63, 3.8) is 0 Å². The van der Waals surface area contributed by atoms with Gasteiger partial charge < -0.3 is 9.04 Å². The Labute approximate surface area is 66.1 Å². The van der Waals surface area contributed by atoms with Gasteiger partial charge in [0.25, 0.3) is 0 Å². The second kappa shape index (κ2) is 3.21. The van der Waals surface area contributed by atoms with Crippen molar-refractivity contribution in [1.82, 2.24) is 4.31 Å². The van der Waals surface area contributed by atoms with Crippen LogP contribution < -0.4 is 0 Å². The van der Waals surface area contributed by atoms with Crippen LogP contribution in [-0.4, -0.2) is 30.6 Å². The van der Waals surface area contributed by atoms with E-state index in [9.17, 15) is 0 Å². The summed E-state index contributed by atoms with van der Waals surface area (Å²) in [5.74, 6) is 0. The average molecular weight is 182 g/mol. The second-order valence-electron chi connectivity index (χ2n) is 1.92. The van der Waals surface area contributed by atoms with Crippen LogP contribution >= 0.6 is 0 Å². The quantitative estimate of drug-likeness (QED) is 0.547. The molecule has 1 fully saturated rings. The summed E-state index contributed by atoms with van der Waals surface area (Å²) in [5.41, 5.74) is 0. The first-order valence-corrected chi connectivity index (χ1v) is 5.64. The van der Waals surface area contributed by atoms with Crippen LogP contribution in [0.5, 0.6) is 0 Å². The van der Waals surface area contributed by atoms with Crippen LogP contribution in [0.15, 0.2) is 0 Å². The van der Waals surface area contributed by atoms with Gasteiger partial charge in [0.15, 0.2) is 0 Å². The minimum atomic E-state index is -0.376. The van der Waals surface area contributed by atoms with E-state index in [2.05, 4.69) is 4.31 Å². The third-order valence-corrected chi connectivity index (χ3v) is 3.34. The fourth-order valence-electron chi connectivity index (χ4n) is 0.672. The summed E-state index contributed by atoms with van der Waals surface area (Å²) < 4.78 is 7.09. The van der Waals surface area contributed by atoms with Crippen molar-refractivity contribution < 1.29 is 4.74 Å². The third-order valence-electron chi connectivity index (χ3n) is 1.36. The molecule has 0 aliphatic carbocycles. The molecule has 2 nitrogen and oxygen atoms in total. The Kier molecular flexibility index (Phi) is 2.78. The Morgan fingerprint density at radius 2 is 2.11 bits per heavy atom. The van der Waals surface area contributed by atoms with Gasteiger partial charge in [-0.3, -0.25) is 8.20 Å². The normalized spacial score (nSPS) is 22.4. The molecule has 1 rings (SSSR count). The highest BCUT2D eigenvalue weighted by Gasteiger charge is 2.19. The van der Waals surface area contributed by atoms with Gasteiger partial charge in [-0.25, -0.2) is 22.4 Å². The molecular formula is C4H8NOS3-. The summed E-state index contributed by atoms with van der Waals surface area (Å²) in [6, 6.07) is 0. The average Bonchev–Trinajstić information content (AvgIpc) is 1.61. The standard InChI is InChI=1S/C4H8NOS3/c1-6-4-2-5(3-4)9(7)8/h4H,2-3H2,1H3/q-1. The molecule has 5 heteroatoms. The summed E-state index contributed by atoms with van der Waals surface area (Å²) in [6.45, 7) is 1.85. The molecule has 9 heavy (non-hydrogen) atoms. The summed E-state index contributed by atoms with van der Waals surface area (Å²) in [6.07, 6.45) is 0.380. The van der Waals surface area contributed by atoms with Crippen molar-refractivity contribution in [3.05, 3.63) is 0 Å². The predicted molar refractivity (Wildman–Crippen MR) is 44.5 cm³/mol. The number of nitrogens with zero attached hydrogens (tertiary/aromatic N) is 1. The zero-order valence-electron chi connectivity index (χ0n) is 5.07. The molecule has 0 bridgehead atoms. The van der Waals surface area contributed by atoms with E-state index in [0.29, 0.717) is 6.10 Å². The van der Waals surface area contributed by atoms with Gasteiger partial charge in [0.2, 0.25) is 0 Å². The maximum atomic E-state index is 5.04. The predicted octanol–water partition coefficient (Wildman–Crippen LogP) is -0.226. The first-order chi connectivity index (χ1) is 4.24. The van der Waals surface area contributed by atoms with Gasteiger partial charge in [-0.2, -0.15) is 0 Å². The topological polar surface area (TPSA) is 12.5 Å². The molecule has 0 atom stereocenters. The van der Waals surface area contributed by atoms with Crippen molar-refractivity contribution >= 4 is 30.6 Å². The van der Waals surface area contributed by atoms with Crippen molar-refractivity contribution in [2.24, 2.45) is 0 Å². The Balaban J connectivity index is 2.27. The highest BCUT2D eigenvalue weighted by atomic mass is 33.1. The van der Waals surface area contributed by atoms with E-state index in [1.807, 2.05) is 0 Å². The number of methoxy groups -OCH3 is 1. The van der Waals surface area contributed by atoms with E-state index >= 15 is 0 Å². The number of hydrogen-bond donors (Lipinski definition) is 0. The van der Waals surface area contributed by atoms with E-state index in [1.165, 1.54) is 0 Å². The Morgan fingerprint density at radius 3 is 2.44 bits per heavy atom. The highest BCUT2D eigenvalue weighted by Crippen LogP contribution is 2.09. The Hall–Kier alpha value is 0.710. The van der Waals surface area contributed by atoms with Crippen LogP contribution in [-0.2, 0) is 35.3 Å². The van der Waals surface area contributed by atoms with Gasteiger partial charge in [-0.1, -0.05) is 0 Å². The largest absolute Gasteiger partial charge is 0.379 e. The zero-order chi connectivity index (χ0) is 6.85. The van der Waals surface area contributed by atoms with E-state index < -0.39 is 0 Å². The summed E-state index contributed by atoms with van der Waals surface area (Å²) in [4.78, 5) is 0. The fourth-order valence-corrected chi connectivity index (χ4v) is 1.98. The Morgan fingerprint density at radius 1 is 1.56 bits per heavy atom. The lowest BCUT2D eigenvalue weighted by Crippen LogP contribution is -2.50. The van der Waals surface area contributed by atoms with E-state index in [4.69, 9.17) is 27.1 Å². The molecule has 0 saturated carbocycles. The first-order valence-electron chi connectivity index (χ1n) is 2.61. The molecule has 0 spiro atoms. The maximum Gasteiger partial charge on any atom is 0.0793 e. The second-order valence-corrected chi connectivity index (χ2v) is 5.40. The van der Waals surface area contributed by atoms with Gasteiger partial charge in [0, 0.05) is 20.2 Å². The van der Waals surface area contributed by atoms with Crippen LogP contribution in [0.3, 0.4) is 0 Å². The number of rotatable bonds is 2. The van der Waals surface area contributed by atoms with Gasteiger partial charge in [0.05, 0.1) is 6.10 Å². The monoisotopic (exact) mass is 182 g/mol. The third kappa shape index (κ3) is 1.81. The molecule has 0 aromatic carbocycles. The molecule has 0 N–H and O–H groups in total. The smallest absolute Gasteiger partial charge is 0.0793 e. The molecule has 0 radical (unpaired) electrons. The van der Waals surface area contributed by atoms with Crippen LogP contribution in [0.25, 0.3) is 0 Å². The molecule has 0 aromatic rings. The van der Waals surface area contributed by atoms with Crippen LogP contribution in [0.2, 0.25) is 0 Å². The summed E-state index contributed by atoms with van der Waals surface area (Å²) in [7, 11) is 1.34. The van der Waals surface area contributed by atoms with Crippen molar-refractivity contribution in [2.75, 3.05) is 20.2 Å². The lowest BCUT2D eigenvalue weighted by molar-refractivity contribution is 0.0176. The Bertz CT molecular complexity index is 153. The summed E-state index contributed by atoms with van der Waals surface area (Å²) in [5, 5.41) is 0. The van der Waals surface area contributed by atoms with Crippen molar-refractivity contribution in [2.45, 2.75) is 6.10 Å². The lowest BCUT2D eigenvalue weighted by Gasteiger charge is -2.42. The summed E-state index contributed by atoms with van der Waals surface area (Å²) >= 11 is 9.73. The van der Waals surface area contributed by atoms with Gasteiger partial charge in [-0.15, -0.1) is 0 Å². The molecule has 1 saturated heterocycles. The molecule has 0 aromatic heterocycles. The number of ether oxygens (including phenoxy) is 1. The molecule has 54 valence electrons. The minimum Gasteiger partial charge on any atom is -0.379 e. The fraction of sp³-hybridized carbons (Fsp3) is 1.00. The van der Waals surface area contributed by atoms with Crippen molar-refractivity contribution in [1.29, 1.82) is 0 Å². The van der Waals surface area contributed by atoms with Crippen LogP contribution in [0.4, 0.5) is 0 Å². The molecule has 1 heterocycles. The zero-order valence-corrected chi connectivity index (χ0v) is 7.52. The molecule has 1 aliphatic rings. The SMILES string of the molecule is COC1CN([S-](=S)=S)C1. The van der Waals surface area contributed by atoms with Crippen molar-refractivity contribution in [3.8, 4) is 0 Å². The van der Waals surface area contributed by atoms with Crippen LogP contribution in [0.1, 0.15) is 0 Å². The molecule has 0 amide bonds. The number of hydrogen-bond acceptors (Lipinski definition) is 4. The van der Waals surface area contributed by atoms with E-state index in [-0.39, 0.29) is 8.20 Å². The lowest BCUT2D eigenvalue weighted by atomic mass is 10.2. The maximum absolute atomic E-state index is 5.04. The molecule has 0 unspecified atom stereocenters. The molecular weight excluding hydrogens is 174 g/mol. The highest BCUT2D eigenvalue weighted by molar-refractivity contribution is 8.45. The van der Waals surface area contributed by atoms with Gasteiger partial charge in [0.1, 0.15) is 0 Å². The first kappa shape index (κ1) is 7.81. The van der Waals surface area contributed by atoms with E-state index in [0.717, 1.165) is 13.1 Å². The van der Waals surface area contributed by atoms with E-state index in [1.54, 1.807) is 7.11 Å².